The molecule has 0 saturated carbocycles. The highest BCUT2D eigenvalue weighted by molar-refractivity contribution is 5.92. The van der Waals surface area contributed by atoms with E-state index in [0.717, 1.165) is 6.42 Å². The predicted molar refractivity (Wildman–Crippen MR) is 74.7 cm³/mol. The Morgan fingerprint density at radius 1 is 1.37 bits per heavy atom. The quantitative estimate of drug-likeness (QED) is 0.839. The lowest BCUT2D eigenvalue weighted by atomic mass is 9.82. The molecule has 0 aliphatic carbocycles. The Balaban J connectivity index is 2.67. The van der Waals surface area contributed by atoms with Crippen LogP contribution in [0.4, 0.5) is 0 Å². The van der Waals surface area contributed by atoms with Crippen molar-refractivity contribution in [2.24, 2.45) is 11.1 Å². The zero-order chi connectivity index (χ0) is 14.7. The number of hydrogen-bond acceptors (Lipinski definition) is 4. The minimum absolute atomic E-state index is 0.147. The van der Waals surface area contributed by atoms with E-state index in [9.17, 15) is 4.79 Å². The van der Waals surface area contributed by atoms with Crippen LogP contribution in [0.2, 0.25) is 0 Å². The number of rotatable bonds is 5. The van der Waals surface area contributed by atoms with Gasteiger partial charge in [0.15, 0.2) is 5.69 Å². The Hall–Kier alpha value is -1.43. The smallest absolute Gasteiger partial charge is 0.273 e. The van der Waals surface area contributed by atoms with Gasteiger partial charge >= 0.3 is 0 Å². The van der Waals surface area contributed by atoms with Crippen LogP contribution in [-0.4, -0.2) is 33.0 Å². The van der Waals surface area contributed by atoms with Crippen molar-refractivity contribution in [1.82, 2.24) is 20.3 Å². The zero-order valence-electron chi connectivity index (χ0n) is 12.5. The number of nitrogens with two attached hydrogens (primary N) is 1. The molecule has 0 aliphatic rings. The molecule has 6 heteroatoms. The molecule has 0 fully saturated rings. The average Bonchev–Trinajstić information content (AvgIpc) is 2.61. The molecule has 0 atom stereocenters. The minimum atomic E-state index is -0.285. The van der Waals surface area contributed by atoms with Crippen LogP contribution in [0.3, 0.4) is 0 Å². The average molecular weight is 267 g/mol. The lowest BCUT2D eigenvalue weighted by Gasteiger charge is -2.33. The van der Waals surface area contributed by atoms with Crippen LogP contribution in [0, 0.1) is 5.41 Å². The molecule has 0 radical (unpaired) electrons. The highest BCUT2D eigenvalue weighted by atomic mass is 16.2. The maximum atomic E-state index is 12.1. The van der Waals surface area contributed by atoms with Crippen molar-refractivity contribution in [3.05, 3.63) is 11.9 Å². The van der Waals surface area contributed by atoms with Gasteiger partial charge in [0.05, 0.1) is 12.7 Å². The van der Waals surface area contributed by atoms with Gasteiger partial charge in [-0.15, -0.1) is 5.10 Å². The van der Waals surface area contributed by atoms with E-state index in [0.29, 0.717) is 18.8 Å². The van der Waals surface area contributed by atoms with E-state index >= 15 is 0 Å². The summed E-state index contributed by atoms with van der Waals surface area (Å²) in [6, 6.07) is 0. The number of carbonyl (C=O) groups is 1. The highest BCUT2D eigenvalue weighted by Crippen LogP contribution is 2.26. The molecule has 0 bridgehead atoms. The first-order chi connectivity index (χ1) is 8.63. The van der Waals surface area contributed by atoms with Crippen molar-refractivity contribution in [3.8, 4) is 0 Å². The third-order valence-corrected chi connectivity index (χ3v) is 2.55. The Kier molecular flexibility index (Phi) is 4.68. The van der Waals surface area contributed by atoms with Crippen molar-refractivity contribution in [2.75, 3.05) is 6.54 Å². The molecule has 19 heavy (non-hydrogen) atoms. The maximum Gasteiger partial charge on any atom is 0.273 e. The van der Waals surface area contributed by atoms with E-state index in [4.69, 9.17) is 5.73 Å². The normalized spacial score (nSPS) is 12.5. The summed E-state index contributed by atoms with van der Waals surface area (Å²) in [5.74, 6) is -0.197. The summed E-state index contributed by atoms with van der Waals surface area (Å²) >= 11 is 0. The topological polar surface area (TPSA) is 85.8 Å². The molecule has 0 saturated heterocycles. The fourth-order valence-electron chi connectivity index (χ4n) is 2.39. The predicted octanol–water partition coefficient (Wildman–Crippen LogP) is 1.18. The first-order valence-electron chi connectivity index (χ1n) is 6.56. The van der Waals surface area contributed by atoms with Crippen LogP contribution in [0.15, 0.2) is 6.20 Å². The summed E-state index contributed by atoms with van der Waals surface area (Å²) in [4.78, 5) is 12.1. The molecular formula is C13H25N5O. The van der Waals surface area contributed by atoms with Crippen LogP contribution in [0.25, 0.3) is 0 Å². The SMILES string of the molecule is CC(C)(C)CC(C)(C)NC(=O)c1cn(CCN)nn1. The molecule has 1 aromatic heterocycles. The van der Waals surface area contributed by atoms with Gasteiger partial charge in [-0.1, -0.05) is 26.0 Å². The first-order valence-corrected chi connectivity index (χ1v) is 6.56. The summed E-state index contributed by atoms with van der Waals surface area (Å²) < 4.78 is 1.58. The van der Waals surface area contributed by atoms with Crippen LogP contribution >= 0.6 is 0 Å². The number of hydrogen-bond donors (Lipinski definition) is 2. The largest absolute Gasteiger partial charge is 0.346 e. The number of amides is 1. The number of nitrogens with zero attached hydrogens (tertiary/aromatic N) is 3. The van der Waals surface area contributed by atoms with Gasteiger partial charge in [0.1, 0.15) is 0 Å². The van der Waals surface area contributed by atoms with E-state index in [-0.39, 0.29) is 16.9 Å². The molecule has 6 nitrogen and oxygen atoms in total. The van der Waals surface area contributed by atoms with Crippen molar-refractivity contribution in [2.45, 2.75) is 53.1 Å². The van der Waals surface area contributed by atoms with E-state index < -0.39 is 0 Å². The molecule has 1 aromatic rings. The maximum absolute atomic E-state index is 12.1. The molecule has 0 aliphatic heterocycles. The van der Waals surface area contributed by atoms with Crippen molar-refractivity contribution in [1.29, 1.82) is 0 Å². The van der Waals surface area contributed by atoms with Gasteiger partial charge in [-0.2, -0.15) is 0 Å². The second kappa shape index (κ2) is 5.69. The molecule has 108 valence electrons. The minimum Gasteiger partial charge on any atom is -0.346 e. The Morgan fingerprint density at radius 3 is 2.53 bits per heavy atom. The Morgan fingerprint density at radius 2 is 2.00 bits per heavy atom. The lowest BCUT2D eigenvalue weighted by molar-refractivity contribution is 0.0886. The van der Waals surface area contributed by atoms with Crippen LogP contribution in [0.5, 0.6) is 0 Å². The summed E-state index contributed by atoms with van der Waals surface area (Å²) in [7, 11) is 0. The van der Waals surface area contributed by atoms with E-state index in [1.807, 2.05) is 13.8 Å². The summed E-state index contributed by atoms with van der Waals surface area (Å²) in [5, 5.41) is 10.7. The van der Waals surface area contributed by atoms with Crippen molar-refractivity contribution >= 4 is 5.91 Å². The Labute approximate surface area is 114 Å². The standard InChI is InChI=1S/C13H25N5O/c1-12(2,3)9-13(4,5)15-11(19)10-8-18(7-6-14)17-16-10/h8H,6-7,9,14H2,1-5H3,(H,15,19). The van der Waals surface area contributed by atoms with Gasteiger partial charge in [0.2, 0.25) is 0 Å². The van der Waals surface area contributed by atoms with E-state index in [1.165, 1.54) is 0 Å². The summed E-state index contributed by atoms with van der Waals surface area (Å²) in [6.45, 7) is 11.5. The van der Waals surface area contributed by atoms with Crippen molar-refractivity contribution in [3.63, 3.8) is 0 Å². The van der Waals surface area contributed by atoms with Gasteiger partial charge in [0.25, 0.3) is 5.91 Å². The number of aromatic nitrogens is 3. The van der Waals surface area contributed by atoms with Gasteiger partial charge in [0, 0.05) is 12.1 Å². The highest BCUT2D eigenvalue weighted by Gasteiger charge is 2.28. The number of carbonyl (C=O) groups excluding carboxylic acids is 1. The molecule has 1 amide bonds. The third kappa shape index (κ3) is 5.38. The van der Waals surface area contributed by atoms with Crippen LogP contribution < -0.4 is 11.1 Å². The Bertz CT molecular complexity index is 430. The lowest BCUT2D eigenvalue weighted by Crippen LogP contribution is -2.45. The van der Waals surface area contributed by atoms with Gasteiger partial charge in [-0.3, -0.25) is 9.48 Å². The molecule has 1 rings (SSSR count). The fraction of sp³-hybridized carbons (Fsp3) is 0.769. The second-order valence-corrected chi connectivity index (χ2v) is 6.73. The monoisotopic (exact) mass is 267 g/mol. The van der Waals surface area contributed by atoms with Gasteiger partial charge in [-0.25, -0.2) is 0 Å². The second-order valence-electron chi connectivity index (χ2n) is 6.73. The molecule has 0 unspecified atom stereocenters. The van der Waals surface area contributed by atoms with Gasteiger partial charge < -0.3 is 11.1 Å². The fourth-order valence-corrected chi connectivity index (χ4v) is 2.39. The summed E-state index contributed by atoms with van der Waals surface area (Å²) in [6.07, 6.45) is 2.50. The first kappa shape index (κ1) is 15.6. The van der Waals surface area contributed by atoms with Crippen molar-refractivity contribution < 1.29 is 4.79 Å². The molecular weight excluding hydrogens is 242 g/mol. The van der Waals surface area contributed by atoms with E-state index in [1.54, 1.807) is 10.9 Å². The number of nitrogens with one attached hydrogen (secondary N) is 1. The summed E-state index contributed by atoms with van der Waals surface area (Å²) in [5.41, 5.74) is 5.62. The van der Waals surface area contributed by atoms with Crippen LogP contribution in [-0.2, 0) is 6.54 Å². The molecule has 0 spiro atoms. The zero-order valence-corrected chi connectivity index (χ0v) is 12.5. The van der Waals surface area contributed by atoms with Gasteiger partial charge in [-0.05, 0) is 25.7 Å². The molecule has 1 heterocycles. The third-order valence-electron chi connectivity index (χ3n) is 2.55. The van der Waals surface area contributed by atoms with Crippen LogP contribution in [0.1, 0.15) is 51.5 Å². The molecule has 3 N–H and O–H groups in total. The van der Waals surface area contributed by atoms with E-state index in [2.05, 4.69) is 36.4 Å². The molecule has 0 aromatic carbocycles.